The Morgan fingerprint density at radius 3 is 2.38 bits per heavy atom. The van der Waals surface area contributed by atoms with Crippen molar-refractivity contribution in [2.75, 3.05) is 0 Å². The fourth-order valence-corrected chi connectivity index (χ4v) is 3.33. The van der Waals surface area contributed by atoms with E-state index >= 15 is 0 Å². The summed E-state index contributed by atoms with van der Waals surface area (Å²) < 4.78 is 29.8. The van der Waals surface area contributed by atoms with Gasteiger partial charge in [0.2, 0.25) is 0 Å². The zero-order valence-corrected chi connectivity index (χ0v) is 14.3. The predicted octanol–water partition coefficient (Wildman–Crippen LogP) is 6.22. The number of benzene rings is 1. The minimum Gasteiger partial charge on any atom is -0.426 e. The minimum absolute atomic E-state index is 0.0321. The standard InChI is InChI=1S/C20H26F2O2/c1-2-3-4-5-15-6-10-17(11-7-15)20(23)24-18-12-8-16(9-13-18)14-19(21)22/h8-9,12-15,17H,2-7,10-11H2,1H3. The molecule has 0 aliphatic heterocycles. The Morgan fingerprint density at radius 2 is 1.79 bits per heavy atom. The SMILES string of the molecule is CCCCCC1CCC(C(=O)Oc2ccc(C=C(F)F)cc2)CC1. The van der Waals surface area contributed by atoms with Gasteiger partial charge >= 0.3 is 5.97 Å². The average molecular weight is 336 g/mol. The maximum Gasteiger partial charge on any atom is 0.314 e. The van der Waals surface area contributed by atoms with Crippen molar-refractivity contribution in [1.82, 2.24) is 0 Å². The van der Waals surface area contributed by atoms with Crippen LogP contribution in [0.15, 0.2) is 30.3 Å². The van der Waals surface area contributed by atoms with Gasteiger partial charge in [-0.1, -0.05) is 44.7 Å². The number of unbranched alkanes of at least 4 members (excludes halogenated alkanes) is 2. The van der Waals surface area contributed by atoms with Crippen LogP contribution in [0.3, 0.4) is 0 Å². The lowest BCUT2D eigenvalue weighted by Crippen LogP contribution is -2.25. The fraction of sp³-hybridized carbons (Fsp3) is 0.550. The number of hydrogen-bond acceptors (Lipinski definition) is 2. The van der Waals surface area contributed by atoms with Gasteiger partial charge in [-0.05, 0) is 49.3 Å². The number of hydrogen-bond donors (Lipinski definition) is 0. The van der Waals surface area contributed by atoms with Crippen LogP contribution in [-0.2, 0) is 4.79 Å². The van der Waals surface area contributed by atoms with Crippen LogP contribution < -0.4 is 4.74 Å². The van der Waals surface area contributed by atoms with Crippen LogP contribution in [0.5, 0.6) is 5.75 Å². The second-order valence-electron chi connectivity index (χ2n) is 6.64. The zero-order chi connectivity index (χ0) is 17.4. The van der Waals surface area contributed by atoms with Crippen molar-refractivity contribution in [2.45, 2.75) is 58.3 Å². The molecule has 1 fully saturated rings. The van der Waals surface area contributed by atoms with E-state index in [-0.39, 0.29) is 11.9 Å². The molecule has 132 valence electrons. The molecule has 24 heavy (non-hydrogen) atoms. The smallest absolute Gasteiger partial charge is 0.314 e. The van der Waals surface area contributed by atoms with Gasteiger partial charge in [0.05, 0.1) is 5.92 Å². The Balaban J connectivity index is 1.78. The molecule has 1 aliphatic carbocycles. The van der Waals surface area contributed by atoms with Crippen molar-refractivity contribution >= 4 is 12.0 Å². The molecular formula is C20H26F2O2. The number of esters is 1. The molecule has 0 aromatic heterocycles. The van der Waals surface area contributed by atoms with Gasteiger partial charge in [0.15, 0.2) is 0 Å². The molecular weight excluding hydrogens is 310 g/mol. The monoisotopic (exact) mass is 336 g/mol. The van der Waals surface area contributed by atoms with Crippen molar-refractivity contribution in [2.24, 2.45) is 11.8 Å². The van der Waals surface area contributed by atoms with Crippen LogP contribution in [0, 0.1) is 11.8 Å². The summed E-state index contributed by atoms with van der Waals surface area (Å²) >= 11 is 0. The molecule has 1 saturated carbocycles. The highest BCUT2D eigenvalue weighted by atomic mass is 19.3. The highest BCUT2D eigenvalue weighted by molar-refractivity contribution is 5.75. The normalized spacial score (nSPS) is 20.5. The summed E-state index contributed by atoms with van der Waals surface area (Å²) in [6, 6.07) is 6.16. The number of rotatable bonds is 7. The summed E-state index contributed by atoms with van der Waals surface area (Å²) in [6.07, 6.45) is 8.13. The van der Waals surface area contributed by atoms with E-state index in [2.05, 4.69) is 6.92 Å². The van der Waals surface area contributed by atoms with Crippen LogP contribution in [0.2, 0.25) is 0 Å². The Kier molecular flexibility index (Phi) is 7.41. The molecule has 1 aliphatic rings. The van der Waals surface area contributed by atoms with E-state index in [1.807, 2.05) is 0 Å². The van der Waals surface area contributed by atoms with Crippen LogP contribution >= 0.6 is 0 Å². The van der Waals surface area contributed by atoms with Crippen LogP contribution in [0.25, 0.3) is 6.08 Å². The number of carbonyl (C=O) groups excluding carboxylic acids is 1. The molecule has 0 spiro atoms. The van der Waals surface area contributed by atoms with E-state index in [1.165, 1.54) is 37.8 Å². The first-order chi connectivity index (χ1) is 11.6. The van der Waals surface area contributed by atoms with Crippen LogP contribution in [-0.4, -0.2) is 5.97 Å². The number of halogens is 2. The molecule has 0 unspecified atom stereocenters. The first-order valence-electron chi connectivity index (χ1n) is 8.93. The molecule has 0 saturated heterocycles. The summed E-state index contributed by atoms with van der Waals surface area (Å²) in [7, 11) is 0. The molecule has 0 atom stereocenters. The average Bonchev–Trinajstić information content (AvgIpc) is 2.57. The fourth-order valence-electron chi connectivity index (χ4n) is 3.33. The highest BCUT2D eigenvalue weighted by Crippen LogP contribution is 2.33. The summed E-state index contributed by atoms with van der Waals surface area (Å²) in [5, 5.41) is 0. The molecule has 0 amide bonds. The third-order valence-electron chi connectivity index (χ3n) is 4.77. The van der Waals surface area contributed by atoms with Crippen molar-refractivity contribution < 1.29 is 18.3 Å². The van der Waals surface area contributed by atoms with E-state index in [0.717, 1.165) is 37.7 Å². The quantitative estimate of drug-likeness (QED) is 0.336. The zero-order valence-electron chi connectivity index (χ0n) is 14.3. The lowest BCUT2D eigenvalue weighted by molar-refractivity contribution is -0.140. The van der Waals surface area contributed by atoms with E-state index < -0.39 is 6.08 Å². The topological polar surface area (TPSA) is 26.3 Å². The van der Waals surface area contributed by atoms with Gasteiger partial charge in [0.1, 0.15) is 5.75 Å². The molecule has 0 heterocycles. The maximum atomic E-state index is 12.2. The third kappa shape index (κ3) is 6.06. The first-order valence-corrected chi connectivity index (χ1v) is 8.93. The summed E-state index contributed by atoms with van der Waals surface area (Å²) in [6.45, 7) is 2.21. The Bertz CT molecular complexity index is 539. The van der Waals surface area contributed by atoms with Gasteiger partial charge in [-0.3, -0.25) is 4.79 Å². The second kappa shape index (κ2) is 9.55. The van der Waals surface area contributed by atoms with E-state index in [4.69, 9.17) is 4.74 Å². The predicted molar refractivity (Wildman–Crippen MR) is 91.9 cm³/mol. The highest BCUT2D eigenvalue weighted by Gasteiger charge is 2.27. The van der Waals surface area contributed by atoms with Gasteiger partial charge in [0, 0.05) is 6.08 Å². The van der Waals surface area contributed by atoms with Crippen molar-refractivity contribution in [1.29, 1.82) is 0 Å². The maximum absolute atomic E-state index is 12.2. The van der Waals surface area contributed by atoms with E-state index in [0.29, 0.717) is 11.3 Å². The number of ether oxygens (including phenoxy) is 1. The van der Waals surface area contributed by atoms with Gasteiger partial charge in [-0.2, -0.15) is 8.78 Å². The summed E-state index contributed by atoms with van der Waals surface area (Å²) in [5.74, 6) is 0.945. The molecule has 2 rings (SSSR count). The molecule has 1 aromatic rings. The molecule has 0 radical (unpaired) electrons. The van der Waals surface area contributed by atoms with E-state index in [1.54, 1.807) is 12.1 Å². The van der Waals surface area contributed by atoms with Gasteiger partial charge < -0.3 is 4.74 Å². The summed E-state index contributed by atoms with van der Waals surface area (Å²) in [5.41, 5.74) is 0.391. The first kappa shape index (κ1) is 18.6. The largest absolute Gasteiger partial charge is 0.426 e. The van der Waals surface area contributed by atoms with Gasteiger partial charge in [-0.25, -0.2) is 0 Å². The Hall–Kier alpha value is -1.71. The lowest BCUT2D eigenvalue weighted by Gasteiger charge is -2.27. The number of carbonyl (C=O) groups is 1. The molecule has 4 heteroatoms. The minimum atomic E-state index is -1.74. The van der Waals surface area contributed by atoms with Gasteiger partial charge in [-0.15, -0.1) is 0 Å². The Labute approximate surface area is 142 Å². The molecule has 0 N–H and O–H groups in total. The Morgan fingerprint density at radius 1 is 1.12 bits per heavy atom. The van der Waals surface area contributed by atoms with Gasteiger partial charge in [0.25, 0.3) is 6.08 Å². The second-order valence-corrected chi connectivity index (χ2v) is 6.64. The van der Waals surface area contributed by atoms with Crippen molar-refractivity contribution in [3.05, 3.63) is 35.9 Å². The van der Waals surface area contributed by atoms with Crippen molar-refractivity contribution in [3.8, 4) is 5.75 Å². The lowest BCUT2D eigenvalue weighted by atomic mass is 9.80. The van der Waals surface area contributed by atoms with Crippen LogP contribution in [0.1, 0.15) is 63.9 Å². The summed E-state index contributed by atoms with van der Waals surface area (Å²) in [4.78, 5) is 12.2. The van der Waals surface area contributed by atoms with E-state index in [9.17, 15) is 13.6 Å². The molecule has 2 nitrogen and oxygen atoms in total. The molecule has 0 bridgehead atoms. The third-order valence-corrected chi connectivity index (χ3v) is 4.77. The molecule has 1 aromatic carbocycles. The van der Waals surface area contributed by atoms with Crippen molar-refractivity contribution in [3.63, 3.8) is 0 Å². The van der Waals surface area contributed by atoms with Crippen LogP contribution in [0.4, 0.5) is 8.78 Å².